The van der Waals surface area contributed by atoms with Crippen molar-refractivity contribution in [2.24, 2.45) is 5.92 Å². The van der Waals surface area contributed by atoms with E-state index in [2.05, 4.69) is 0 Å². The normalized spacial score (nSPS) is 31.3. The number of allylic oxidation sites excluding steroid dienone is 2. The van der Waals surface area contributed by atoms with Gasteiger partial charge in [-0.2, -0.15) is 0 Å². The van der Waals surface area contributed by atoms with Crippen molar-refractivity contribution >= 4 is 11.8 Å². The number of ketones is 1. The van der Waals surface area contributed by atoms with Crippen LogP contribution in [0, 0.1) is 5.92 Å². The molecule has 5 heteroatoms. The Balaban J connectivity index is 2.51. The summed E-state index contributed by atoms with van der Waals surface area (Å²) in [5.74, 6) is -0.536. The molecule has 2 aliphatic rings. The van der Waals surface area contributed by atoms with Gasteiger partial charge in [0.25, 0.3) is 0 Å². The number of fused-ring (bicyclic) bond motifs is 1. The minimum absolute atomic E-state index is 0.0412. The van der Waals surface area contributed by atoms with Crippen LogP contribution in [0.1, 0.15) is 47.0 Å². The summed E-state index contributed by atoms with van der Waals surface area (Å²) in [5.41, 5.74) is 0.00923. The number of Topliss-reactive ketones (excluding diaryl/α,β-unsaturated/α-hetero) is 1. The number of carbonyl (C=O) groups is 2. The molecule has 0 unspecified atom stereocenters. The molecule has 22 heavy (non-hydrogen) atoms. The molecule has 0 bridgehead atoms. The molecule has 0 spiro atoms. The van der Waals surface area contributed by atoms with Crippen molar-refractivity contribution in [3.63, 3.8) is 0 Å². The molecule has 0 saturated heterocycles. The third-order valence-corrected chi connectivity index (χ3v) is 4.95. The van der Waals surface area contributed by atoms with Crippen LogP contribution in [0.3, 0.4) is 0 Å². The Morgan fingerprint density at radius 3 is 2.73 bits per heavy atom. The highest BCUT2D eigenvalue weighted by Gasteiger charge is 2.47. The second-order valence-corrected chi connectivity index (χ2v) is 6.77. The quantitative estimate of drug-likeness (QED) is 0.775. The minimum atomic E-state index is -1.34. The van der Waals surface area contributed by atoms with Gasteiger partial charge in [0.2, 0.25) is 0 Å². The molecule has 122 valence electrons. The van der Waals surface area contributed by atoms with Crippen LogP contribution in [-0.4, -0.2) is 39.8 Å². The zero-order chi connectivity index (χ0) is 16.7. The van der Waals surface area contributed by atoms with Gasteiger partial charge in [0.1, 0.15) is 11.2 Å². The van der Waals surface area contributed by atoms with E-state index >= 15 is 0 Å². The number of hydrogen-bond acceptors (Lipinski definition) is 5. The molecule has 2 rings (SSSR count). The first-order valence-electron chi connectivity index (χ1n) is 7.58. The molecule has 0 heterocycles. The highest BCUT2D eigenvalue weighted by Crippen LogP contribution is 2.46. The first-order chi connectivity index (χ1) is 10.1. The van der Waals surface area contributed by atoms with E-state index in [0.717, 1.165) is 5.57 Å². The Morgan fingerprint density at radius 2 is 2.18 bits per heavy atom. The highest BCUT2D eigenvalue weighted by atomic mass is 16.6. The topological polar surface area (TPSA) is 83.8 Å². The van der Waals surface area contributed by atoms with Crippen LogP contribution in [0.25, 0.3) is 0 Å². The number of hydrogen-bond donors (Lipinski definition) is 2. The lowest BCUT2D eigenvalue weighted by molar-refractivity contribution is -0.160. The average molecular weight is 308 g/mol. The van der Waals surface area contributed by atoms with Gasteiger partial charge in [-0.25, -0.2) is 0 Å². The standard InChI is InChI=1S/C17H24O5/c1-10-13-7-12(16(3,21)9-18)5-6-17(4,22-11(2)19)14(13)8-15(10)20/h7,14,18,21H,5-6,8-9H2,1-4H3/t14-,16+,17-/m0/s1. The van der Waals surface area contributed by atoms with Gasteiger partial charge < -0.3 is 14.9 Å². The molecular formula is C17H24O5. The summed E-state index contributed by atoms with van der Waals surface area (Å²) in [6.07, 6.45) is 3.13. The molecule has 2 N–H and O–H groups in total. The maximum absolute atomic E-state index is 12.1. The van der Waals surface area contributed by atoms with Crippen LogP contribution in [0.2, 0.25) is 0 Å². The van der Waals surface area contributed by atoms with Crippen LogP contribution in [0.4, 0.5) is 0 Å². The number of carbonyl (C=O) groups excluding carboxylic acids is 2. The van der Waals surface area contributed by atoms with Crippen molar-refractivity contribution in [2.75, 3.05) is 6.61 Å². The minimum Gasteiger partial charge on any atom is -0.459 e. The third kappa shape index (κ3) is 2.88. The molecule has 3 atom stereocenters. The van der Waals surface area contributed by atoms with Crippen molar-refractivity contribution in [3.8, 4) is 0 Å². The summed E-state index contributed by atoms with van der Waals surface area (Å²) < 4.78 is 5.56. The largest absolute Gasteiger partial charge is 0.459 e. The fourth-order valence-corrected chi connectivity index (χ4v) is 3.42. The lowest BCUT2D eigenvalue weighted by Crippen LogP contribution is -2.39. The maximum Gasteiger partial charge on any atom is 0.303 e. The lowest BCUT2D eigenvalue weighted by Gasteiger charge is -2.34. The Labute approximate surface area is 130 Å². The third-order valence-electron chi connectivity index (χ3n) is 4.95. The molecule has 0 radical (unpaired) electrons. The van der Waals surface area contributed by atoms with Crippen LogP contribution < -0.4 is 0 Å². The van der Waals surface area contributed by atoms with Gasteiger partial charge in [-0.3, -0.25) is 9.59 Å². The van der Waals surface area contributed by atoms with E-state index in [4.69, 9.17) is 4.74 Å². The van der Waals surface area contributed by atoms with E-state index < -0.39 is 17.8 Å². The van der Waals surface area contributed by atoms with E-state index in [1.54, 1.807) is 13.8 Å². The van der Waals surface area contributed by atoms with E-state index in [1.807, 2.05) is 13.0 Å². The van der Waals surface area contributed by atoms with Crippen LogP contribution >= 0.6 is 0 Å². The first kappa shape index (κ1) is 16.9. The number of rotatable bonds is 3. The van der Waals surface area contributed by atoms with Crippen molar-refractivity contribution < 1.29 is 24.5 Å². The Kier molecular flexibility index (Phi) is 4.33. The zero-order valence-corrected chi connectivity index (χ0v) is 13.6. The van der Waals surface area contributed by atoms with E-state index in [0.29, 0.717) is 30.4 Å². The molecule has 5 nitrogen and oxygen atoms in total. The van der Waals surface area contributed by atoms with Crippen LogP contribution in [0.5, 0.6) is 0 Å². The van der Waals surface area contributed by atoms with Gasteiger partial charge in [-0.1, -0.05) is 6.08 Å². The Hall–Kier alpha value is -1.46. The Morgan fingerprint density at radius 1 is 1.55 bits per heavy atom. The Bertz CT molecular complexity index is 570. The second kappa shape index (κ2) is 5.63. The average Bonchev–Trinajstić information content (AvgIpc) is 2.62. The summed E-state index contributed by atoms with van der Waals surface area (Å²) in [7, 11) is 0. The van der Waals surface area contributed by atoms with E-state index in [9.17, 15) is 19.8 Å². The summed E-state index contributed by atoms with van der Waals surface area (Å²) in [6.45, 7) is 6.12. The van der Waals surface area contributed by atoms with E-state index in [1.165, 1.54) is 6.92 Å². The number of aliphatic hydroxyl groups excluding tert-OH is 1. The van der Waals surface area contributed by atoms with Gasteiger partial charge in [-0.05, 0) is 50.3 Å². The predicted octanol–water partition coefficient (Wildman–Crippen LogP) is 1.68. The van der Waals surface area contributed by atoms with Gasteiger partial charge in [0, 0.05) is 19.3 Å². The van der Waals surface area contributed by atoms with Gasteiger partial charge >= 0.3 is 5.97 Å². The van der Waals surface area contributed by atoms with Crippen molar-refractivity contribution in [3.05, 3.63) is 22.8 Å². The molecule has 2 aliphatic carbocycles. The van der Waals surface area contributed by atoms with Crippen molar-refractivity contribution in [1.29, 1.82) is 0 Å². The monoisotopic (exact) mass is 308 g/mol. The molecule has 0 amide bonds. The smallest absolute Gasteiger partial charge is 0.303 e. The zero-order valence-electron chi connectivity index (χ0n) is 13.6. The van der Waals surface area contributed by atoms with Gasteiger partial charge in [-0.15, -0.1) is 0 Å². The molecule has 0 aliphatic heterocycles. The molecule has 0 aromatic heterocycles. The predicted molar refractivity (Wildman–Crippen MR) is 81.0 cm³/mol. The maximum atomic E-state index is 12.1. The lowest BCUT2D eigenvalue weighted by atomic mass is 9.82. The number of ether oxygens (including phenoxy) is 1. The van der Waals surface area contributed by atoms with Crippen LogP contribution in [0.15, 0.2) is 22.8 Å². The molecule has 0 aromatic rings. The molecule has 0 saturated carbocycles. The second-order valence-electron chi connectivity index (χ2n) is 6.77. The first-order valence-corrected chi connectivity index (χ1v) is 7.58. The summed E-state index contributed by atoms with van der Waals surface area (Å²) in [5, 5.41) is 19.8. The van der Waals surface area contributed by atoms with Crippen molar-refractivity contribution in [2.45, 2.75) is 58.2 Å². The molecule has 0 aromatic carbocycles. The van der Waals surface area contributed by atoms with Crippen molar-refractivity contribution in [1.82, 2.24) is 0 Å². The summed E-state index contributed by atoms with van der Waals surface area (Å²) in [6, 6.07) is 0. The highest BCUT2D eigenvalue weighted by molar-refractivity contribution is 5.99. The summed E-state index contributed by atoms with van der Waals surface area (Å²) in [4.78, 5) is 23.6. The fourth-order valence-electron chi connectivity index (χ4n) is 3.42. The number of aliphatic hydroxyl groups is 2. The summed E-state index contributed by atoms with van der Waals surface area (Å²) >= 11 is 0. The SMILES string of the molecule is CC(=O)O[C@@]1(C)CCC([C@](C)(O)CO)=CC2=C(C)C(=O)C[C@@H]21. The molecule has 0 fully saturated rings. The van der Waals surface area contributed by atoms with E-state index in [-0.39, 0.29) is 17.7 Å². The molecular weight excluding hydrogens is 284 g/mol. The van der Waals surface area contributed by atoms with Gasteiger partial charge in [0.15, 0.2) is 5.78 Å². The van der Waals surface area contributed by atoms with Gasteiger partial charge in [0.05, 0.1) is 6.61 Å². The number of esters is 1. The fraction of sp³-hybridized carbons (Fsp3) is 0.647. The van der Waals surface area contributed by atoms with Crippen LogP contribution in [-0.2, 0) is 14.3 Å².